The Hall–Kier alpha value is -3.27. The predicted octanol–water partition coefficient (Wildman–Crippen LogP) is 1.66. The zero-order valence-electron chi connectivity index (χ0n) is 20.4. The quantitative estimate of drug-likeness (QED) is 0.262. The van der Waals surface area contributed by atoms with Crippen molar-refractivity contribution < 1.29 is 29.6 Å². The summed E-state index contributed by atoms with van der Waals surface area (Å²) in [5, 5.41) is 31.8. The Morgan fingerprint density at radius 3 is 2.65 bits per heavy atom. The van der Waals surface area contributed by atoms with E-state index in [1.54, 1.807) is 24.3 Å². The molecule has 0 bridgehead atoms. The maximum absolute atomic E-state index is 11.8. The van der Waals surface area contributed by atoms with Gasteiger partial charge >= 0.3 is 5.97 Å². The van der Waals surface area contributed by atoms with Crippen molar-refractivity contribution in [3.63, 3.8) is 0 Å². The highest BCUT2D eigenvalue weighted by Crippen LogP contribution is 2.39. The van der Waals surface area contributed by atoms with Crippen molar-refractivity contribution in [2.75, 3.05) is 24.6 Å². The largest absolute Gasteiger partial charge is 0.479 e. The number of carbonyl (C=O) groups is 1. The van der Waals surface area contributed by atoms with Gasteiger partial charge in [0.15, 0.2) is 34.9 Å². The van der Waals surface area contributed by atoms with Crippen LogP contribution >= 0.6 is 11.6 Å². The Balaban J connectivity index is 1.61. The van der Waals surface area contributed by atoms with Crippen molar-refractivity contribution in [2.45, 2.75) is 50.4 Å². The number of aliphatic hydroxyl groups excluding tert-OH is 1. The van der Waals surface area contributed by atoms with Gasteiger partial charge in [0, 0.05) is 19.5 Å². The van der Waals surface area contributed by atoms with E-state index in [0.29, 0.717) is 24.4 Å². The first kappa shape index (κ1) is 26.8. The number of halogens is 1. The monoisotopic (exact) mass is 529 g/mol. The van der Waals surface area contributed by atoms with Crippen LogP contribution in [0.4, 0.5) is 5.82 Å². The van der Waals surface area contributed by atoms with Crippen LogP contribution < -0.4 is 4.90 Å². The predicted molar refractivity (Wildman–Crippen MR) is 135 cm³/mol. The van der Waals surface area contributed by atoms with Crippen LogP contribution in [0.5, 0.6) is 0 Å². The lowest BCUT2D eigenvalue weighted by molar-refractivity contribution is -0.156. The van der Waals surface area contributed by atoms with Crippen LogP contribution in [0.2, 0.25) is 5.28 Å². The molecule has 4 rings (SSSR count). The molecule has 1 aromatic carbocycles. The van der Waals surface area contributed by atoms with Crippen molar-refractivity contribution in [1.29, 1.82) is 0 Å². The van der Waals surface area contributed by atoms with Crippen LogP contribution in [-0.4, -0.2) is 84.4 Å². The van der Waals surface area contributed by atoms with Crippen LogP contribution in [0.3, 0.4) is 0 Å². The van der Waals surface area contributed by atoms with Gasteiger partial charge < -0.3 is 29.7 Å². The first-order valence-electron chi connectivity index (χ1n) is 11.8. The Labute approximate surface area is 218 Å². The molecule has 1 aliphatic rings. The molecule has 11 nitrogen and oxygen atoms in total. The number of anilines is 1. The third-order valence-electron chi connectivity index (χ3n) is 6.45. The number of carboxylic acid groups (broad SMARTS) is 1. The van der Waals surface area contributed by atoms with E-state index in [-0.39, 0.29) is 24.0 Å². The summed E-state index contributed by atoms with van der Waals surface area (Å²) in [4.78, 5) is 26.7. The SMILES string of the molecule is C#C[C@@]1(O)[C@@H](COC(Cc2ccccc2)C(=O)O)O[C@@H](n2cnc3c(N(CC)CC)nc(Cl)nc32)[C@@H]1O. The second-order valence-corrected chi connectivity index (χ2v) is 8.93. The van der Waals surface area contributed by atoms with Crippen molar-refractivity contribution in [3.05, 3.63) is 47.5 Å². The van der Waals surface area contributed by atoms with E-state index in [1.165, 1.54) is 10.9 Å². The molecule has 2 aromatic heterocycles. The number of aromatic nitrogens is 4. The van der Waals surface area contributed by atoms with Crippen LogP contribution in [0.25, 0.3) is 11.2 Å². The van der Waals surface area contributed by atoms with Crippen molar-refractivity contribution >= 4 is 34.6 Å². The normalized spacial score (nSPS) is 24.2. The number of nitrogens with zero attached hydrogens (tertiary/aromatic N) is 5. The van der Waals surface area contributed by atoms with Gasteiger partial charge in [-0.2, -0.15) is 9.97 Å². The molecular weight excluding hydrogens is 502 g/mol. The molecule has 196 valence electrons. The minimum atomic E-state index is -2.17. The highest BCUT2D eigenvalue weighted by molar-refractivity contribution is 6.28. The number of ether oxygens (including phenoxy) is 2. The summed E-state index contributed by atoms with van der Waals surface area (Å²) in [7, 11) is 0. The van der Waals surface area contributed by atoms with Crippen molar-refractivity contribution in [3.8, 4) is 12.3 Å². The molecule has 3 aromatic rings. The molecule has 1 unspecified atom stereocenters. The fraction of sp³-hybridized carbons (Fsp3) is 0.440. The first-order valence-corrected chi connectivity index (χ1v) is 12.2. The molecule has 37 heavy (non-hydrogen) atoms. The lowest BCUT2D eigenvalue weighted by atomic mass is 9.93. The highest BCUT2D eigenvalue weighted by atomic mass is 35.5. The van der Waals surface area contributed by atoms with Gasteiger partial charge in [-0.25, -0.2) is 9.78 Å². The summed E-state index contributed by atoms with van der Waals surface area (Å²) in [5.41, 5.74) is -0.700. The molecule has 1 aliphatic heterocycles. The Morgan fingerprint density at radius 2 is 2.03 bits per heavy atom. The van der Waals surface area contributed by atoms with Crippen molar-refractivity contribution in [2.24, 2.45) is 0 Å². The smallest absolute Gasteiger partial charge is 0.333 e. The van der Waals surface area contributed by atoms with E-state index in [0.717, 1.165) is 5.56 Å². The number of carboxylic acids is 1. The van der Waals surface area contributed by atoms with E-state index in [2.05, 4.69) is 20.9 Å². The van der Waals surface area contributed by atoms with E-state index < -0.39 is 36.1 Å². The zero-order valence-corrected chi connectivity index (χ0v) is 21.1. The lowest BCUT2D eigenvalue weighted by Gasteiger charge is -2.26. The van der Waals surface area contributed by atoms with Gasteiger partial charge in [0.05, 0.1) is 12.9 Å². The van der Waals surface area contributed by atoms with E-state index in [1.807, 2.05) is 24.8 Å². The number of rotatable bonds is 10. The van der Waals surface area contributed by atoms with E-state index >= 15 is 0 Å². The number of aliphatic hydroxyl groups is 2. The van der Waals surface area contributed by atoms with E-state index in [4.69, 9.17) is 27.5 Å². The van der Waals surface area contributed by atoms with Gasteiger partial charge in [-0.3, -0.25) is 4.57 Å². The summed E-state index contributed by atoms with van der Waals surface area (Å²) >= 11 is 6.20. The maximum Gasteiger partial charge on any atom is 0.333 e. The number of hydrogen-bond acceptors (Lipinski definition) is 9. The van der Waals surface area contributed by atoms with Gasteiger partial charge in [0.25, 0.3) is 0 Å². The second kappa shape index (κ2) is 11.0. The van der Waals surface area contributed by atoms with Gasteiger partial charge in [-0.1, -0.05) is 36.3 Å². The molecule has 0 spiro atoms. The lowest BCUT2D eigenvalue weighted by Crippen LogP contribution is -2.48. The molecule has 0 saturated carbocycles. The zero-order chi connectivity index (χ0) is 26.7. The fourth-order valence-corrected chi connectivity index (χ4v) is 4.53. The third kappa shape index (κ3) is 5.12. The summed E-state index contributed by atoms with van der Waals surface area (Å²) in [6, 6.07) is 8.98. The molecule has 1 saturated heterocycles. The minimum absolute atomic E-state index is 0.0269. The fourth-order valence-electron chi connectivity index (χ4n) is 4.37. The maximum atomic E-state index is 11.8. The van der Waals surface area contributed by atoms with Gasteiger partial charge in [-0.15, -0.1) is 6.42 Å². The molecule has 1 fully saturated rings. The number of benzene rings is 1. The summed E-state index contributed by atoms with van der Waals surface area (Å²) < 4.78 is 13.0. The van der Waals surface area contributed by atoms with Gasteiger partial charge in [0.2, 0.25) is 5.28 Å². The van der Waals surface area contributed by atoms with Crippen LogP contribution in [0.1, 0.15) is 25.6 Å². The first-order chi connectivity index (χ1) is 17.7. The summed E-state index contributed by atoms with van der Waals surface area (Å²) in [6.45, 7) is 4.85. The van der Waals surface area contributed by atoms with Crippen LogP contribution in [-0.2, 0) is 20.7 Å². The van der Waals surface area contributed by atoms with Crippen LogP contribution in [0.15, 0.2) is 36.7 Å². The molecule has 0 radical (unpaired) electrons. The Morgan fingerprint density at radius 1 is 1.32 bits per heavy atom. The summed E-state index contributed by atoms with van der Waals surface area (Å²) in [6.07, 6.45) is 1.82. The van der Waals surface area contributed by atoms with Crippen molar-refractivity contribution in [1.82, 2.24) is 19.5 Å². The molecule has 3 N–H and O–H groups in total. The van der Waals surface area contributed by atoms with Gasteiger partial charge in [-0.05, 0) is 31.0 Å². The topological polar surface area (TPSA) is 143 Å². The number of fused-ring (bicyclic) bond motifs is 1. The minimum Gasteiger partial charge on any atom is -0.479 e. The number of aliphatic carboxylic acids is 1. The molecule has 5 atom stereocenters. The highest BCUT2D eigenvalue weighted by Gasteiger charge is 2.56. The van der Waals surface area contributed by atoms with Crippen LogP contribution in [0, 0.1) is 12.3 Å². The number of imidazole rings is 1. The average molecular weight is 530 g/mol. The standard InChI is InChI=1S/C25H28ClN5O6/c1-4-25(35)17(13-36-16(23(33)34)12-15-10-8-7-9-11-15)37-22(19(25)32)31-14-27-18-20(30(5-2)6-3)28-24(26)29-21(18)31/h1,7-11,14,16-17,19,22,32,35H,5-6,12-13H2,2-3H3,(H,33,34)/t16?,17-,19+,22-,25-/m1/s1. The molecule has 3 heterocycles. The van der Waals surface area contributed by atoms with E-state index in [9.17, 15) is 20.1 Å². The second-order valence-electron chi connectivity index (χ2n) is 8.59. The Bertz CT molecular complexity index is 1290. The number of hydrogen-bond donors (Lipinski definition) is 3. The number of terminal acetylenes is 1. The molecule has 0 amide bonds. The van der Waals surface area contributed by atoms with Gasteiger partial charge in [0.1, 0.15) is 12.2 Å². The third-order valence-corrected chi connectivity index (χ3v) is 6.62. The molecular formula is C25H28ClN5O6. The molecule has 0 aliphatic carbocycles. The summed E-state index contributed by atoms with van der Waals surface area (Å²) in [5.74, 6) is 1.53. The Kier molecular flexibility index (Phi) is 7.96. The molecule has 12 heteroatoms. The average Bonchev–Trinajstić information content (AvgIpc) is 3.41.